The first kappa shape index (κ1) is 21.9. The van der Waals surface area contributed by atoms with Crippen LogP contribution in [0.5, 0.6) is 0 Å². The number of fused-ring (bicyclic) bond motifs is 1. The zero-order valence-corrected chi connectivity index (χ0v) is 19.0. The van der Waals surface area contributed by atoms with Crippen molar-refractivity contribution in [2.75, 3.05) is 31.1 Å². The van der Waals surface area contributed by atoms with Crippen LogP contribution in [0.3, 0.4) is 0 Å². The highest BCUT2D eigenvalue weighted by atomic mass is 35.5. The van der Waals surface area contributed by atoms with Gasteiger partial charge >= 0.3 is 0 Å². The van der Waals surface area contributed by atoms with Crippen molar-refractivity contribution in [1.29, 1.82) is 0 Å². The molecule has 3 heterocycles. The highest BCUT2D eigenvalue weighted by Gasteiger charge is 2.29. The number of carbonyl (C=O) groups excluding carboxylic acids is 1. The number of benzene rings is 2. The molecule has 4 aromatic rings. The number of amides is 1. The lowest BCUT2D eigenvalue weighted by Gasteiger charge is -2.35. The van der Waals surface area contributed by atoms with Crippen molar-refractivity contribution >= 4 is 35.0 Å². The van der Waals surface area contributed by atoms with Crippen LogP contribution in [-0.4, -0.2) is 46.5 Å². The Morgan fingerprint density at radius 2 is 1.56 bits per heavy atom. The third-order valence-corrected chi connectivity index (χ3v) is 6.09. The number of hydrogen-bond donors (Lipinski definition) is 0. The van der Waals surface area contributed by atoms with Gasteiger partial charge in [-0.15, -0.1) is 12.4 Å². The Hall–Kier alpha value is -3.31. The summed E-state index contributed by atoms with van der Waals surface area (Å²) in [6.45, 7) is 5.90. The zero-order valence-electron chi connectivity index (χ0n) is 18.1. The number of carbonyl (C=O) groups is 1. The topological polar surface area (TPSA) is 41.4 Å². The number of rotatable bonds is 4. The van der Waals surface area contributed by atoms with Crippen molar-refractivity contribution in [2.24, 2.45) is 0 Å². The molecule has 5 rings (SSSR count). The SMILES string of the molecule is CCn1c(-c2ccccc2)c(C(=O)N2CCN(c3ccccn3)CC2)c2ccccc21.Cl. The molecule has 0 unspecified atom stereocenters. The van der Waals surface area contributed by atoms with Crippen LogP contribution in [0.25, 0.3) is 22.2 Å². The molecule has 164 valence electrons. The molecule has 1 saturated heterocycles. The molecule has 0 radical (unpaired) electrons. The van der Waals surface area contributed by atoms with Crippen LogP contribution >= 0.6 is 12.4 Å². The van der Waals surface area contributed by atoms with Crippen LogP contribution in [0.2, 0.25) is 0 Å². The smallest absolute Gasteiger partial charge is 0.256 e. The number of aryl methyl sites for hydroxylation is 1. The maximum Gasteiger partial charge on any atom is 0.256 e. The largest absolute Gasteiger partial charge is 0.353 e. The Labute approximate surface area is 194 Å². The summed E-state index contributed by atoms with van der Waals surface area (Å²) in [6.07, 6.45) is 1.82. The summed E-state index contributed by atoms with van der Waals surface area (Å²) >= 11 is 0. The monoisotopic (exact) mass is 446 g/mol. The lowest BCUT2D eigenvalue weighted by Crippen LogP contribution is -2.49. The number of nitrogens with zero attached hydrogens (tertiary/aromatic N) is 4. The lowest BCUT2D eigenvalue weighted by molar-refractivity contribution is 0.0749. The summed E-state index contributed by atoms with van der Waals surface area (Å²) in [5.41, 5.74) is 4.02. The van der Waals surface area contributed by atoms with Crippen molar-refractivity contribution in [2.45, 2.75) is 13.5 Å². The van der Waals surface area contributed by atoms with Gasteiger partial charge in [-0.25, -0.2) is 4.98 Å². The third kappa shape index (κ3) is 3.84. The first-order valence-corrected chi connectivity index (χ1v) is 10.9. The Balaban J connectivity index is 0.00000245. The lowest BCUT2D eigenvalue weighted by atomic mass is 10.0. The molecule has 2 aromatic carbocycles. The van der Waals surface area contributed by atoms with Gasteiger partial charge in [-0.05, 0) is 30.7 Å². The predicted octanol–water partition coefficient (Wildman–Crippen LogP) is 5.11. The summed E-state index contributed by atoms with van der Waals surface area (Å²) < 4.78 is 2.27. The van der Waals surface area contributed by atoms with Gasteiger partial charge in [-0.3, -0.25) is 4.79 Å². The highest BCUT2D eigenvalue weighted by Crippen LogP contribution is 2.35. The van der Waals surface area contributed by atoms with Crippen LogP contribution in [-0.2, 0) is 6.54 Å². The summed E-state index contributed by atoms with van der Waals surface area (Å²) in [7, 11) is 0. The van der Waals surface area contributed by atoms with Crippen molar-refractivity contribution < 1.29 is 4.79 Å². The zero-order chi connectivity index (χ0) is 21.2. The van der Waals surface area contributed by atoms with E-state index < -0.39 is 0 Å². The molecule has 5 nitrogen and oxygen atoms in total. The van der Waals surface area contributed by atoms with Gasteiger partial charge in [-0.2, -0.15) is 0 Å². The van der Waals surface area contributed by atoms with E-state index in [9.17, 15) is 4.79 Å². The Morgan fingerprint density at radius 1 is 0.875 bits per heavy atom. The molecule has 0 N–H and O–H groups in total. The van der Waals surface area contributed by atoms with Crippen molar-refractivity contribution in [3.05, 3.63) is 84.6 Å². The van der Waals surface area contributed by atoms with Crippen molar-refractivity contribution in [3.8, 4) is 11.3 Å². The van der Waals surface area contributed by atoms with Gasteiger partial charge in [0.05, 0.1) is 11.3 Å². The molecule has 1 fully saturated rings. The van der Waals surface area contributed by atoms with Gasteiger partial charge in [0.25, 0.3) is 5.91 Å². The maximum absolute atomic E-state index is 13.9. The molecule has 6 heteroatoms. The molecule has 0 bridgehead atoms. The molecular formula is C26H27ClN4O. The average Bonchev–Trinajstić information content (AvgIpc) is 3.19. The second-order valence-electron chi connectivity index (χ2n) is 7.82. The third-order valence-electron chi connectivity index (χ3n) is 6.09. The molecular weight excluding hydrogens is 420 g/mol. The Bertz CT molecular complexity index is 1200. The van der Waals surface area contributed by atoms with Crippen LogP contribution in [0.15, 0.2) is 79.0 Å². The minimum absolute atomic E-state index is 0. The summed E-state index contributed by atoms with van der Waals surface area (Å²) in [5.74, 6) is 1.09. The summed E-state index contributed by atoms with van der Waals surface area (Å²) in [6, 6.07) is 24.5. The molecule has 0 saturated carbocycles. The molecule has 0 spiro atoms. The number of anilines is 1. The minimum Gasteiger partial charge on any atom is -0.353 e. The van der Waals surface area contributed by atoms with Crippen LogP contribution < -0.4 is 4.90 Å². The number of pyridine rings is 1. The number of para-hydroxylation sites is 1. The minimum atomic E-state index is 0. The first-order valence-electron chi connectivity index (χ1n) is 10.9. The van der Waals surface area contributed by atoms with E-state index in [1.54, 1.807) is 0 Å². The molecule has 2 aromatic heterocycles. The van der Waals surface area contributed by atoms with Crippen LogP contribution in [0.1, 0.15) is 17.3 Å². The fourth-order valence-corrected chi connectivity index (χ4v) is 4.58. The van der Waals surface area contributed by atoms with Gasteiger partial charge in [0.2, 0.25) is 0 Å². The normalized spacial score (nSPS) is 13.8. The first-order chi connectivity index (χ1) is 15.3. The number of piperazine rings is 1. The predicted molar refractivity (Wildman–Crippen MR) is 133 cm³/mol. The number of hydrogen-bond acceptors (Lipinski definition) is 3. The van der Waals surface area contributed by atoms with Crippen LogP contribution in [0, 0.1) is 0 Å². The second-order valence-corrected chi connectivity index (χ2v) is 7.82. The van der Waals surface area contributed by atoms with E-state index in [1.165, 1.54) is 0 Å². The van der Waals surface area contributed by atoms with E-state index in [-0.39, 0.29) is 18.3 Å². The van der Waals surface area contributed by atoms with Gasteiger partial charge in [-0.1, -0.05) is 54.6 Å². The highest BCUT2D eigenvalue weighted by molar-refractivity contribution is 6.12. The van der Waals surface area contributed by atoms with Gasteiger partial charge in [0.15, 0.2) is 0 Å². The fourth-order valence-electron chi connectivity index (χ4n) is 4.58. The standard InChI is InChI=1S/C26H26N4O.ClH/c1-2-30-22-13-7-6-12-21(22)24(25(30)20-10-4-3-5-11-20)26(31)29-18-16-28(17-19-29)23-14-8-9-15-27-23;/h3-15H,2,16-19H2,1H3;1H. The Kier molecular flexibility index (Phi) is 6.47. The van der Waals surface area contributed by atoms with E-state index in [0.717, 1.165) is 53.2 Å². The van der Waals surface area contributed by atoms with E-state index >= 15 is 0 Å². The van der Waals surface area contributed by atoms with Crippen molar-refractivity contribution in [3.63, 3.8) is 0 Å². The Morgan fingerprint density at radius 3 is 2.25 bits per heavy atom. The summed E-state index contributed by atoms with van der Waals surface area (Å²) in [5, 5.41) is 1.03. The van der Waals surface area contributed by atoms with E-state index in [1.807, 2.05) is 59.6 Å². The second kappa shape index (κ2) is 9.45. The van der Waals surface area contributed by atoms with E-state index in [2.05, 4.69) is 45.6 Å². The molecule has 1 aliphatic heterocycles. The molecule has 1 amide bonds. The van der Waals surface area contributed by atoms with Crippen LogP contribution in [0.4, 0.5) is 5.82 Å². The fraction of sp³-hybridized carbons (Fsp3) is 0.231. The molecule has 0 aliphatic carbocycles. The summed E-state index contributed by atoms with van der Waals surface area (Å²) in [4.78, 5) is 22.6. The maximum atomic E-state index is 13.9. The average molecular weight is 447 g/mol. The van der Waals surface area contributed by atoms with Gasteiger partial charge in [0, 0.05) is 49.8 Å². The molecule has 0 atom stereocenters. The van der Waals surface area contributed by atoms with E-state index in [0.29, 0.717) is 13.1 Å². The van der Waals surface area contributed by atoms with E-state index in [4.69, 9.17) is 0 Å². The molecule has 1 aliphatic rings. The quantitative estimate of drug-likeness (QED) is 0.437. The molecule has 32 heavy (non-hydrogen) atoms. The van der Waals surface area contributed by atoms with Gasteiger partial charge in [0.1, 0.15) is 5.82 Å². The number of halogens is 1. The number of aromatic nitrogens is 2. The van der Waals surface area contributed by atoms with Crippen molar-refractivity contribution in [1.82, 2.24) is 14.5 Å². The van der Waals surface area contributed by atoms with Gasteiger partial charge < -0.3 is 14.4 Å².